The van der Waals surface area contributed by atoms with Crippen molar-refractivity contribution in [3.05, 3.63) is 30.1 Å². The fourth-order valence-electron chi connectivity index (χ4n) is 1.29. The van der Waals surface area contributed by atoms with Gasteiger partial charge in [-0.3, -0.25) is 14.6 Å². The second-order valence-corrected chi connectivity index (χ2v) is 3.60. The number of nitrogens with two attached hydrogens (primary N) is 1. The van der Waals surface area contributed by atoms with Gasteiger partial charge in [-0.05, 0) is 24.1 Å². The largest absolute Gasteiger partial charge is 0.481 e. The second-order valence-electron chi connectivity index (χ2n) is 3.60. The number of rotatable bonds is 6. The lowest BCUT2D eigenvalue weighted by molar-refractivity contribution is -0.139. The summed E-state index contributed by atoms with van der Waals surface area (Å²) in [7, 11) is 0. The molecule has 1 amide bonds. The van der Waals surface area contributed by atoms with Gasteiger partial charge >= 0.3 is 5.97 Å². The van der Waals surface area contributed by atoms with Crippen LogP contribution in [0.2, 0.25) is 0 Å². The van der Waals surface area contributed by atoms with Crippen molar-refractivity contribution >= 4 is 11.9 Å². The highest BCUT2D eigenvalue weighted by molar-refractivity contribution is 5.85. The van der Waals surface area contributed by atoms with Gasteiger partial charge in [0.05, 0.1) is 12.5 Å². The summed E-state index contributed by atoms with van der Waals surface area (Å²) in [6, 6.07) is 2.71. The van der Waals surface area contributed by atoms with Crippen LogP contribution in [-0.4, -0.2) is 34.6 Å². The van der Waals surface area contributed by atoms with E-state index < -0.39 is 17.9 Å². The summed E-state index contributed by atoms with van der Waals surface area (Å²) in [5.41, 5.74) is 6.44. The molecule has 6 heteroatoms. The third kappa shape index (κ3) is 5.07. The highest BCUT2D eigenvalue weighted by atomic mass is 16.4. The standard InChI is InChI=1S/C11H15N3O3/c12-9(7-10(15)16)11(17)14-6-3-8-1-4-13-5-2-8/h1-2,4-5,9H,3,6-7,12H2,(H,14,17)(H,15,16). The van der Waals surface area contributed by atoms with E-state index in [4.69, 9.17) is 10.8 Å². The van der Waals surface area contributed by atoms with Crippen molar-refractivity contribution in [3.63, 3.8) is 0 Å². The molecule has 1 aromatic heterocycles. The number of aromatic nitrogens is 1. The first-order chi connectivity index (χ1) is 8.09. The minimum atomic E-state index is -1.08. The minimum absolute atomic E-state index is 0.360. The number of pyridine rings is 1. The first-order valence-electron chi connectivity index (χ1n) is 5.23. The predicted octanol–water partition coefficient (Wildman–Crippen LogP) is -0.458. The Morgan fingerprint density at radius 3 is 2.65 bits per heavy atom. The molecule has 1 heterocycles. The SMILES string of the molecule is NC(CC(=O)O)C(=O)NCCc1ccncc1. The number of nitrogens with zero attached hydrogens (tertiary/aromatic N) is 1. The number of nitrogens with one attached hydrogen (secondary N) is 1. The Labute approximate surface area is 98.8 Å². The number of carboxylic acid groups (broad SMARTS) is 1. The molecule has 0 fully saturated rings. The Hall–Kier alpha value is -1.95. The Morgan fingerprint density at radius 1 is 1.41 bits per heavy atom. The Bertz CT molecular complexity index is 381. The Kier molecular flexibility index (Phi) is 5.09. The highest BCUT2D eigenvalue weighted by Gasteiger charge is 2.15. The van der Waals surface area contributed by atoms with Crippen molar-refractivity contribution in [2.45, 2.75) is 18.9 Å². The maximum Gasteiger partial charge on any atom is 0.305 e. The summed E-state index contributed by atoms with van der Waals surface area (Å²) in [6.07, 6.45) is 3.65. The molecule has 0 saturated carbocycles. The van der Waals surface area contributed by atoms with Crippen molar-refractivity contribution < 1.29 is 14.7 Å². The molecule has 1 aromatic rings. The lowest BCUT2D eigenvalue weighted by atomic mass is 10.2. The van der Waals surface area contributed by atoms with Crippen molar-refractivity contribution in [1.29, 1.82) is 0 Å². The molecular formula is C11H15N3O3. The van der Waals surface area contributed by atoms with E-state index in [0.717, 1.165) is 5.56 Å². The summed E-state index contributed by atoms with van der Waals surface area (Å²) >= 11 is 0. The van der Waals surface area contributed by atoms with Gasteiger partial charge in [0, 0.05) is 18.9 Å². The lowest BCUT2D eigenvalue weighted by Crippen LogP contribution is -2.42. The van der Waals surface area contributed by atoms with Crippen molar-refractivity contribution in [2.24, 2.45) is 5.73 Å². The predicted molar refractivity (Wildman–Crippen MR) is 61.2 cm³/mol. The minimum Gasteiger partial charge on any atom is -0.481 e. The topological polar surface area (TPSA) is 105 Å². The van der Waals surface area contributed by atoms with Gasteiger partial charge in [-0.1, -0.05) is 0 Å². The van der Waals surface area contributed by atoms with Crippen LogP contribution < -0.4 is 11.1 Å². The summed E-state index contributed by atoms with van der Waals surface area (Å²) in [5, 5.41) is 11.1. The molecule has 1 rings (SSSR count). The van der Waals surface area contributed by atoms with E-state index in [1.165, 1.54) is 0 Å². The number of hydrogen-bond donors (Lipinski definition) is 3. The summed E-state index contributed by atoms with van der Waals surface area (Å²) in [4.78, 5) is 25.6. The van der Waals surface area contributed by atoms with Crippen molar-refractivity contribution in [3.8, 4) is 0 Å². The molecule has 92 valence electrons. The van der Waals surface area contributed by atoms with Gasteiger partial charge in [0.25, 0.3) is 0 Å². The summed E-state index contributed by atoms with van der Waals surface area (Å²) in [6.45, 7) is 0.427. The molecule has 0 aliphatic rings. The van der Waals surface area contributed by atoms with Gasteiger partial charge in [-0.15, -0.1) is 0 Å². The number of aliphatic carboxylic acids is 1. The van der Waals surface area contributed by atoms with Gasteiger partial charge in [-0.25, -0.2) is 0 Å². The van der Waals surface area contributed by atoms with E-state index >= 15 is 0 Å². The molecule has 1 unspecified atom stereocenters. The van der Waals surface area contributed by atoms with E-state index in [1.54, 1.807) is 12.4 Å². The van der Waals surface area contributed by atoms with Crippen LogP contribution in [0.1, 0.15) is 12.0 Å². The van der Waals surface area contributed by atoms with Gasteiger partial charge in [0.1, 0.15) is 0 Å². The van der Waals surface area contributed by atoms with E-state index in [0.29, 0.717) is 13.0 Å². The first-order valence-corrected chi connectivity index (χ1v) is 5.23. The maximum atomic E-state index is 11.4. The van der Waals surface area contributed by atoms with Gasteiger partial charge in [0.15, 0.2) is 0 Å². The fourth-order valence-corrected chi connectivity index (χ4v) is 1.29. The van der Waals surface area contributed by atoms with Gasteiger partial charge < -0.3 is 16.2 Å². The zero-order chi connectivity index (χ0) is 12.7. The Morgan fingerprint density at radius 2 is 2.06 bits per heavy atom. The van der Waals surface area contributed by atoms with Crippen LogP contribution in [0.15, 0.2) is 24.5 Å². The molecule has 0 radical (unpaired) electrons. The van der Waals surface area contributed by atoms with Crippen LogP contribution in [0.4, 0.5) is 0 Å². The normalized spacial score (nSPS) is 11.8. The molecule has 6 nitrogen and oxygen atoms in total. The molecule has 0 aromatic carbocycles. The van der Waals surface area contributed by atoms with Crippen LogP contribution in [0.5, 0.6) is 0 Å². The smallest absolute Gasteiger partial charge is 0.305 e. The quantitative estimate of drug-likeness (QED) is 0.621. The van der Waals surface area contributed by atoms with Gasteiger partial charge in [0.2, 0.25) is 5.91 Å². The van der Waals surface area contributed by atoms with Gasteiger partial charge in [-0.2, -0.15) is 0 Å². The van der Waals surface area contributed by atoms with Crippen LogP contribution in [0.3, 0.4) is 0 Å². The Balaban J connectivity index is 2.27. The van der Waals surface area contributed by atoms with Crippen LogP contribution >= 0.6 is 0 Å². The number of carbonyl (C=O) groups is 2. The number of hydrogen-bond acceptors (Lipinski definition) is 4. The van der Waals surface area contributed by atoms with Crippen LogP contribution in [-0.2, 0) is 16.0 Å². The second kappa shape index (κ2) is 6.59. The monoisotopic (exact) mass is 237 g/mol. The zero-order valence-electron chi connectivity index (χ0n) is 9.30. The number of carboxylic acids is 1. The number of carbonyl (C=O) groups excluding carboxylic acids is 1. The maximum absolute atomic E-state index is 11.4. The molecule has 1 atom stereocenters. The molecule has 0 saturated heterocycles. The molecule has 0 aliphatic heterocycles. The average molecular weight is 237 g/mol. The molecule has 17 heavy (non-hydrogen) atoms. The van der Waals surface area contributed by atoms with Crippen molar-refractivity contribution in [2.75, 3.05) is 6.54 Å². The van der Waals surface area contributed by atoms with E-state index in [2.05, 4.69) is 10.3 Å². The van der Waals surface area contributed by atoms with Crippen molar-refractivity contribution in [1.82, 2.24) is 10.3 Å². The number of amides is 1. The summed E-state index contributed by atoms with van der Waals surface area (Å²) < 4.78 is 0. The molecule has 0 aliphatic carbocycles. The van der Waals surface area contributed by atoms with E-state index in [1.807, 2.05) is 12.1 Å². The highest BCUT2D eigenvalue weighted by Crippen LogP contribution is 1.96. The zero-order valence-corrected chi connectivity index (χ0v) is 9.30. The molecular weight excluding hydrogens is 222 g/mol. The fraction of sp³-hybridized carbons (Fsp3) is 0.364. The molecule has 0 bridgehead atoms. The summed E-state index contributed by atoms with van der Waals surface area (Å²) in [5.74, 6) is -1.52. The average Bonchev–Trinajstić information content (AvgIpc) is 2.29. The lowest BCUT2D eigenvalue weighted by Gasteiger charge is -2.09. The van der Waals surface area contributed by atoms with E-state index in [-0.39, 0.29) is 6.42 Å². The first kappa shape index (κ1) is 13.1. The van der Waals surface area contributed by atoms with E-state index in [9.17, 15) is 9.59 Å². The molecule has 0 spiro atoms. The molecule has 4 N–H and O–H groups in total. The third-order valence-corrected chi connectivity index (χ3v) is 2.19. The third-order valence-electron chi connectivity index (χ3n) is 2.19. The van der Waals surface area contributed by atoms with Crippen LogP contribution in [0.25, 0.3) is 0 Å². The van der Waals surface area contributed by atoms with Crippen LogP contribution in [0, 0.1) is 0 Å².